The van der Waals surface area contributed by atoms with Crippen LogP contribution in [0.5, 0.6) is 0 Å². The van der Waals surface area contributed by atoms with Crippen molar-refractivity contribution in [2.45, 2.75) is 45.7 Å². The third-order valence-corrected chi connectivity index (χ3v) is 3.45. The van der Waals surface area contributed by atoms with Crippen LogP contribution < -0.4 is 11.3 Å². The molecule has 5 heteroatoms. The number of hydrogen-bond acceptors (Lipinski definition) is 4. The van der Waals surface area contributed by atoms with Crippen molar-refractivity contribution in [3.8, 4) is 0 Å². The molecule has 2 rings (SSSR count). The van der Waals surface area contributed by atoms with Crippen molar-refractivity contribution in [3.05, 3.63) is 47.5 Å². The molecule has 1 atom stereocenters. The van der Waals surface area contributed by atoms with Gasteiger partial charge in [0.2, 0.25) is 0 Å². The average molecular weight is 273 g/mol. The van der Waals surface area contributed by atoms with Gasteiger partial charge in [-0.15, -0.1) is 0 Å². The Morgan fingerprint density at radius 3 is 2.90 bits per heavy atom. The molecule has 0 aromatic carbocycles. The van der Waals surface area contributed by atoms with Crippen LogP contribution in [-0.2, 0) is 19.4 Å². The summed E-state index contributed by atoms with van der Waals surface area (Å²) in [6, 6.07) is 8.37. The fourth-order valence-electron chi connectivity index (χ4n) is 2.40. The summed E-state index contributed by atoms with van der Waals surface area (Å²) < 4.78 is 2.04. The molecule has 0 fully saturated rings. The molecule has 5 nitrogen and oxygen atoms in total. The quantitative estimate of drug-likeness (QED) is 0.594. The molecular formula is C15H23N5. The Balaban J connectivity index is 1.95. The van der Waals surface area contributed by atoms with E-state index in [4.69, 9.17) is 5.84 Å². The molecule has 2 heterocycles. The van der Waals surface area contributed by atoms with Gasteiger partial charge in [-0.2, -0.15) is 5.10 Å². The lowest BCUT2D eigenvalue weighted by Gasteiger charge is -2.16. The molecule has 0 aliphatic heterocycles. The third-order valence-electron chi connectivity index (χ3n) is 3.45. The van der Waals surface area contributed by atoms with E-state index >= 15 is 0 Å². The van der Waals surface area contributed by atoms with Crippen LogP contribution in [0.1, 0.15) is 30.4 Å². The van der Waals surface area contributed by atoms with Gasteiger partial charge in [-0.1, -0.05) is 6.07 Å². The maximum absolute atomic E-state index is 5.68. The first-order valence-electron chi connectivity index (χ1n) is 7.12. The molecule has 0 spiro atoms. The smallest absolute Gasteiger partial charge is 0.0596 e. The Kier molecular flexibility index (Phi) is 5.26. The van der Waals surface area contributed by atoms with Gasteiger partial charge in [-0.3, -0.25) is 20.9 Å². The SMILES string of the molecule is CCn1nc(C)cc1CC(CCc1ccccn1)NN. The minimum Gasteiger partial charge on any atom is -0.271 e. The molecule has 0 amide bonds. The van der Waals surface area contributed by atoms with Crippen molar-refractivity contribution >= 4 is 0 Å². The Bertz CT molecular complexity index is 520. The summed E-state index contributed by atoms with van der Waals surface area (Å²) in [4.78, 5) is 4.34. The van der Waals surface area contributed by atoms with E-state index in [1.165, 1.54) is 5.69 Å². The van der Waals surface area contributed by atoms with Crippen LogP contribution in [0.3, 0.4) is 0 Å². The first kappa shape index (κ1) is 14.7. The van der Waals surface area contributed by atoms with Crippen LogP contribution in [0.15, 0.2) is 30.5 Å². The summed E-state index contributed by atoms with van der Waals surface area (Å²) in [7, 11) is 0. The van der Waals surface area contributed by atoms with Gasteiger partial charge in [0, 0.05) is 36.6 Å². The van der Waals surface area contributed by atoms with E-state index in [1.807, 2.05) is 36.0 Å². The number of rotatable bonds is 7. The van der Waals surface area contributed by atoms with Crippen LogP contribution in [0, 0.1) is 6.92 Å². The van der Waals surface area contributed by atoms with Gasteiger partial charge in [0.25, 0.3) is 0 Å². The van der Waals surface area contributed by atoms with Crippen LogP contribution in [0.2, 0.25) is 0 Å². The van der Waals surface area contributed by atoms with Crippen molar-refractivity contribution in [1.82, 2.24) is 20.2 Å². The Hall–Kier alpha value is -1.72. The largest absolute Gasteiger partial charge is 0.271 e. The van der Waals surface area contributed by atoms with E-state index in [9.17, 15) is 0 Å². The van der Waals surface area contributed by atoms with Crippen LogP contribution >= 0.6 is 0 Å². The second kappa shape index (κ2) is 7.17. The molecule has 0 aliphatic carbocycles. The van der Waals surface area contributed by atoms with Gasteiger partial charge in [-0.05, 0) is 44.9 Å². The minimum absolute atomic E-state index is 0.235. The molecule has 3 N–H and O–H groups in total. The summed E-state index contributed by atoms with van der Waals surface area (Å²) >= 11 is 0. The number of hydrazine groups is 1. The Morgan fingerprint density at radius 1 is 1.40 bits per heavy atom. The average Bonchev–Trinajstić information content (AvgIpc) is 2.84. The fraction of sp³-hybridized carbons (Fsp3) is 0.467. The minimum atomic E-state index is 0.235. The zero-order valence-corrected chi connectivity index (χ0v) is 12.2. The molecule has 2 aromatic rings. The maximum atomic E-state index is 5.68. The molecule has 0 radical (unpaired) electrons. The van der Waals surface area contributed by atoms with Gasteiger partial charge in [0.15, 0.2) is 0 Å². The number of aromatic nitrogens is 3. The van der Waals surface area contributed by atoms with Gasteiger partial charge < -0.3 is 0 Å². The zero-order chi connectivity index (χ0) is 14.4. The number of pyridine rings is 1. The lowest BCUT2D eigenvalue weighted by Crippen LogP contribution is -2.37. The number of aryl methyl sites for hydroxylation is 3. The molecular weight excluding hydrogens is 250 g/mol. The van der Waals surface area contributed by atoms with Crippen LogP contribution in [0.25, 0.3) is 0 Å². The van der Waals surface area contributed by atoms with Crippen LogP contribution in [-0.4, -0.2) is 20.8 Å². The van der Waals surface area contributed by atoms with Gasteiger partial charge >= 0.3 is 0 Å². The summed E-state index contributed by atoms with van der Waals surface area (Å²) in [6.45, 7) is 5.02. The highest BCUT2D eigenvalue weighted by molar-refractivity contribution is 5.11. The van der Waals surface area contributed by atoms with Crippen molar-refractivity contribution in [2.24, 2.45) is 5.84 Å². The monoisotopic (exact) mass is 273 g/mol. The standard InChI is InChI=1S/C15H23N5/c1-3-20-15(10-12(2)19-20)11-14(18-16)8-7-13-6-4-5-9-17-13/h4-6,9-10,14,18H,3,7-8,11,16H2,1-2H3. The molecule has 0 bridgehead atoms. The summed E-state index contributed by atoms with van der Waals surface area (Å²) in [5, 5.41) is 4.47. The Labute approximate surface area is 120 Å². The van der Waals surface area contributed by atoms with E-state index in [-0.39, 0.29) is 6.04 Å². The zero-order valence-electron chi connectivity index (χ0n) is 12.2. The van der Waals surface area contributed by atoms with E-state index < -0.39 is 0 Å². The second-order valence-electron chi connectivity index (χ2n) is 5.02. The molecule has 20 heavy (non-hydrogen) atoms. The lowest BCUT2D eigenvalue weighted by molar-refractivity contribution is 0.469. The molecule has 0 saturated heterocycles. The summed E-state index contributed by atoms with van der Waals surface area (Å²) in [5.41, 5.74) is 6.31. The first-order valence-corrected chi connectivity index (χ1v) is 7.12. The summed E-state index contributed by atoms with van der Waals surface area (Å²) in [6.07, 6.45) is 4.60. The molecule has 1 unspecified atom stereocenters. The van der Waals surface area contributed by atoms with Gasteiger partial charge in [0.1, 0.15) is 0 Å². The van der Waals surface area contributed by atoms with E-state index in [0.29, 0.717) is 0 Å². The van der Waals surface area contributed by atoms with E-state index in [1.54, 1.807) is 0 Å². The number of hydrogen-bond donors (Lipinski definition) is 2. The number of nitrogens with one attached hydrogen (secondary N) is 1. The van der Waals surface area contributed by atoms with Crippen LogP contribution in [0.4, 0.5) is 0 Å². The topological polar surface area (TPSA) is 68.8 Å². The van der Waals surface area contributed by atoms with Crippen molar-refractivity contribution in [2.75, 3.05) is 0 Å². The van der Waals surface area contributed by atoms with Gasteiger partial charge in [0.05, 0.1) is 5.69 Å². The van der Waals surface area contributed by atoms with E-state index in [0.717, 1.165) is 37.2 Å². The Morgan fingerprint density at radius 2 is 2.25 bits per heavy atom. The third kappa shape index (κ3) is 3.88. The van der Waals surface area contributed by atoms with Crippen molar-refractivity contribution in [3.63, 3.8) is 0 Å². The predicted molar refractivity (Wildman–Crippen MR) is 80.0 cm³/mol. The highest BCUT2D eigenvalue weighted by Gasteiger charge is 2.12. The normalized spacial score (nSPS) is 12.6. The first-order chi connectivity index (χ1) is 9.72. The van der Waals surface area contributed by atoms with Gasteiger partial charge in [-0.25, -0.2) is 0 Å². The van der Waals surface area contributed by atoms with Crippen molar-refractivity contribution in [1.29, 1.82) is 0 Å². The number of nitrogens with zero attached hydrogens (tertiary/aromatic N) is 3. The maximum Gasteiger partial charge on any atom is 0.0596 e. The number of nitrogens with two attached hydrogens (primary N) is 1. The fourth-order valence-corrected chi connectivity index (χ4v) is 2.40. The van der Waals surface area contributed by atoms with E-state index in [2.05, 4.69) is 28.5 Å². The highest BCUT2D eigenvalue weighted by Crippen LogP contribution is 2.10. The highest BCUT2D eigenvalue weighted by atomic mass is 15.3. The van der Waals surface area contributed by atoms with Crippen molar-refractivity contribution < 1.29 is 0 Å². The lowest BCUT2D eigenvalue weighted by atomic mass is 10.0. The predicted octanol–water partition coefficient (Wildman–Crippen LogP) is 1.61. The molecule has 0 saturated carbocycles. The molecule has 2 aromatic heterocycles. The molecule has 108 valence electrons. The second-order valence-corrected chi connectivity index (χ2v) is 5.02. The molecule has 0 aliphatic rings. The summed E-state index contributed by atoms with van der Waals surface area (Å²) in [5.74, 6) is 5.68.